The Hall–Kier alpha value is -0.570. The van der Waals surface area contributed by atoms with Crippen molar-refractivity contribution in [3.63, 3.8) is 0 Å². The van der Waals surface area contributed by atoms with Crippen LogP contribution in [0.2, 0.25) is 0 Å². The van der Waals surface area contributed by atoms with E-state index in [4.69, 9.17) is 0 Å². The van der Waals surface area contributed by atoms with E-state index in [-0.39, 0.29) is 10.8 Å². The third kappa shape index (κ3) is 4.21. The van der Waals surface area contributed by atoms with Gasteiger partial charge >= 0.3 is 5.97 Å². The highest BCUT2D eigenvalue weighted by molar-refractivity contribution is 5.79. The molecule has 0 bridgehead atoms. The van der Waals surface area contributed by atoms with Crippen LogP contribution < -0.4 is 5.32 Å². The first kappa shape index (κ1) is 16.8. The molecule has 0 spiro atoms. The van der Waals surface area contributed by atoms with E-state index in [0.717, 1.165) is 32.1 Å². The SMILES string of the molecule is CC1(C)CC(C)(C)CC(NC2CCCCCC2)(C(=O)O)C1. The minimum absolute atomic E-state index is 0.0812. The molecule has 2 saturated carbocycles. The second kappa shape index (κ2) is 5.91. The smallest absolute Gasteiger partial charge is 0.323 e. The van der Waals surface area contributed by atoms with Gasteiger partial charge in [0.2, 0.25) is 0 Å². The molecule has 0 radical (unpaired) electrons. The molecule has 0 aromatic carbocycles. The summed E-state index contributed by atoms with van der Waals surface area (Å²) >= 11 is 0. The van der Waals surface area contributed by atoms with E-state index in [2.05, 4.69) is 33.0 Å². The summed E-state index contributed by atoms with van der Waals surface area (Å²) in [4.78, 5) is 12.1. The first-order chi connectivity index (χ1) is 9.64. The average molecular weight is 295 g/mol. The lowest BCUT2D eigenvalue weighted by molar-refractivity contribution is -0.152. The van der Waals surface area contributed by atoms with Gasteiger partial charge in [-0.15, -0.1) is 0 Å². The number of rotatable bonds is 3. The molecule has 0 aromatic heterocycles. The molecule has 2 N–H and O–H groups in total. The van der Waals surface area contributed by atoms with Gasteiger partial charge in [-0.05, 0) is 42.9 Å². The zero-order valence-corrected chi connectivity index (χ0v) is 14.3. The van der Waals surface area contributed by atoms with E-state index < -0.39 is 11.5 Å². The fourth-order valence-electron chi connectivity index (χ4n) is 5.25. The zero-order chi connectivity index (χ0) is 15.7. The summed E-state index contributed by atoms with van der Waals surface area (Å²) in [6, 6.07) is 0.383. The van der Waals surface area contributed by atoms with E-state index in [1.807, 2.05) is 0 Å². The molecule has 2 aliphatic carbocycles. The maximum absolute atomic E-state index is 12.1. The first-order valence-corrected chi connectivity index (χ1v) is 8.65. The van der Waals surface area contributed by atoms with Crippen LogP contribution in [0.5, 0.6) is 0 Å². The van der Waals surface area contributed by atoms with Crippen molar-refractivity contribution in [2.45, 2.75) is 97.1 Å². The van der Waals surface area contributed by atoms with Crippen molar-refractivity contribution in [3.8, 4) is 0 Å². The molecule has 2 fully saturated rings. The molecule has 0 amide bonds. The molecule has 2 rings (SSSR count). The Morgan fingerprint density at radius 1 is 0.905 bits per heavy atom. The number of nitrogens with one attached hydrogen (secondary N) is 1. The van der Waals surface area contributed by atoms with E-state index in [1.165, 1.54) is 25.7 Å². The van der Waals surface area contributed by atoms with Gasteiger partial charge < -0.3 is 5.11 Å². The maximum Gasteiger partial charge on any atom is 0.323 e. The standard InChI is InChI=1S/C18H33NO2/c1-16(2)11-17(3,4)13-18(12-16,15(20)21)19-14-9-7-5-6-8-10-14/h14,19H,5-13H2,1-4H3,(H,20,21). The van der Waals surface area contributed by atoms with Crippen molar-refractivity contribution in [1.82, 2.24) is 5.32 Å². The Kier molecular flexibility index (Phi) is 4.72. The topological polar surface area (TPSA) is 49.3 Å². The van der Waals surface area contributed by atoms with Crippen molar-refractivity contribution < 1.29 is 9.90 Å². The minimum Gasteiger partial charge on any atom is -0.480 e. The lowest BCUT2D eigenvalue weighted by atomic mass is 9.58. The van der Waals surface area contributed by atoms with Crippen molar-refractivity contribution in [1.29, 1.82) is 0 Å². The molecule has 0 aromatic rings. The summed E-state index contributed by atoms with van der Waals surface area (Å²) in [5.74, 6) is -0.646. The second-order valence-corrected chi connectivity index (χ2v) is 9.08. The van der Waals surface area contributed by atoms with E-state index >= 15 is 0 Å². The van der Waals surface area contributed by atoms with Gasteiger partial charge in [0.1, 0.15) is 5.54 Å². The van der Waals surface area contributed by atoms with E-state index in [0.29, 0.717) is 6.04 Å². The highest BCUT2D eigenvalue weighted by atomic mass is 16.4. The molecule has 0 aliphatic heterocycles. The van der Waals surface area contributed by atoms with Crippen LogP contribution >= 0.6 is 0 Å². The number of hydrogen-bond donors (Lipinski definition) is 2. The predicted molar refractivity (Wildman–Crippen MR) is 86.4 cm³/mol. The number of carboxylic acids is 1. The summed E-state index contributed by atoms with van der Waals surface area (Å²) < 4.78 is 0. The summed E-state index contributed by atoms with van der Waals surface area (Å²) in [5.41, 5.74) is -0.573. The highest BCUT2D eigenvalue weighted by Crippen LogP contribution is 2.50. The second-order valence-electron chi connectivity index (χ2n) is 9.08. The van der Waals surface area contributed by atoms with Gasteiger partial charge in [0.05, 0.1) is 0 Å². The number of carbonyl (C=O) groups is 1. The molecule has 2 aliphatic rings. The van der Waals surface area contributed by atoms with Gasteiger partial charge in [0, 0.05) is 6.04 Å². The van der Waals surface area contributed by atoms with Crippen molar-refractivity contribution in [2.75, 3.05) is 0 Å². The maximum atomic E-state index is 12.1. The number of carboxylic acid groups (broad SMARTS) is 1. The molecule has 0 unspecified atom stereocenters. The molecule has 3 nitrogen and oxygen atoms in total. The zero-order valence-electron chi connectivity index (χ0n) is 14.3. The van der Waals surface area contributed by atoms with Crippen LogP contribution in [0.4, 0.5) is 0 Å². The average Bonchev–Trinajstić information content (AvgIpc) is 2.52. The number of aliphatic carboxylic acids is 1. The Balaban J connectivity index is 2.21. The fraction of sp³-hybridized carbons (Fsp3) is 0.944. The van der Waals surface area contributed by atoms with Crippen LogP contribution in [-0.4, -0.2) is 22.7 Å². The normalized spacial score (nSPS) is 28.8. The van der Waals surface area contributed by atoms with Gasteiger partial charge in [0.25, 0.3) is 0 Å². The van der Waals surface area contributed by atoms with Gasteiger partial charge in [-0.2, -0.15) is 0 Å². The largest absolute Gasteiger partial charge is 0.480 e. The molecule has 0 saturated heterocycles. The molecular weight excluding hydrogens is 262 g/mol. The Morgan fingerprint density at radius 3 is 1.81 bits per heavy atom. The third-order valence-electron chi connectivity index (χ3n) is 5.26. The summed E-state index contributed by atoms with van der Waals surface area (Å²) in [7, 11) is 0. The van der Waals surface area contributed by atoms with Gasteiger partial charge in [-0.1, -0.05) is 53.4 Å². The van der Waals surface area contributed by atoms with Crippen LogP contribution in [0, 0.1) is 10.8 Å². The quantitative estimate of drug-likeness (QED) is 0.761. The summed E-state index contributed by atoms with van der Waals surface area (Å²) in [6.07, 6.45) is 9.93. The van der Waals surface area contributed by atoms with Crippen LogP contribution in [-0.2, 0) is 4.79 Å². The lowest BCUT2D eigenvalue weighted by Crippen LogP contribution is -2.62. The monoisotopic (exact) mass is 295 g/mol. The fourth-order valence-corrected chi connectivity index (χ4v) is 5.25. The van der Waals surface area contributed by atoms with Crippen molar-refractivity contribution >= 4 is 5.97 Å². The van der Waals surface area contributed by atoms with Crippen molar-refractivity contribution in [2.24, 2.45) is 10.8 Å². The molecular formula is C18H33NO2. The van der Waals surface area contributed by atoms with Gasteiger partial charge in [-0.25, -0.2) is 0 Å². The van der Waals surface area contributed by atoms with Crippen LogP contribution in [0.1, 0.15) is 85.5 Å². The Labute approximate surface area is 129 Å². The van der Waals surface area contributed by atoms with Gasteiger partial charge in [-0.3, -0.25) is 10.1 Å². The van der Waals surface area contributed by atoms with Crippen molar-refractivity contribution in [3.05, 3.63) is 0 Å². The van der Waals surface area contributed by atoms with Crippen LogP contribution in [0.15, 0.2) is 0 Å². The summed E-state index contributed by atoms with van der Waals surface area (Å²) in [5, 5.41) is 13.6. The Bertz CT molecular complexity index is 363. The molecule has 3 heteroatoms. The minimum atomic E-state index is -0.736. The third-order valence-corrected chi connectivity index (χ3v) is 5.26. The highest BCUT2D eigenvalue weighted by Gasteiger charge is 2.52. The molecule has 122 valence electrons. The predicted octanol–water partition coefficient (Wildman–Crippen LogP) is 4.36. The summed E-state index contributed by atoms with van der Waals surface area (Å²) in [6.45, 7) is 8.89. The van der Waals surface area contributed by atoms with Crippen LogP contribution in [0.25, 0.3) is 0 Å². The van der Waals surface area contributed by atoms with Crippen LogP contribution in [0.3, 0.4) is 0 Å². The Morgan fingerprint density at radius 2 is 1.38 bits per heavy atom. The van der Waals surface area contributed by atoms with Gasteiger partial charge in [0.15, 0.2) is 0 Å². The molecule has 0 heterocycles. The van der Waals surface area contributed by atoms with E-state index in [9.17, 15) is 9.90 Å². The lowest BCUT2D eigenvalue weighted by Gasteiger charge is -2.51. The molecule has 21 heavy (non-hydrogen) atoms. The first-order valence-electron chi connectivity index (χ1n) is 8.65. The van der Waals surface area contributed by atoms with E-state index in [1.54, 1.807) is 0 Å². The molecule has 0 atom stereocenters. The number of hydrogen-bond acceptors (Lipinski definition) is 2.